The van der Waals surface area contributed by atoms with Crippen molar-refractivity contribution in [3.05, 3.63) is 24.3 Å². The molecule has 0 fully saturated rings. The normalized spacial score (nSPS) is 13.7. The summed E-state index contributed by atoms with van der Waals surface area (Å²) < 4.78 is 0. The van der Waals surface area contributed by atoms with Crippen LogP contribution in [-0.2, 0) is 4.79 Å². The molecule has 0 aromatic heterocycles. The number of hydrogen-bond acceptors (Lipinski definition) is 4. The van der Waals surface area contributed by atoms with E-state index in [-0.39, 0.29) is 12.5 Å². The number of aliphatic hydroxyl groups excluding tert-OH is 3. The minimum Gasteiger partial charge on any atom is -0.394 e. The maximum Gasteiger partial charge on any atom is 0.220 e. The molecule has 3 atom stereocenters. The van der Waals surface area contributed by atoms with Gasteiger partial charge in [-0.2, -0.15) is 0 Å². The summed E-state index contributed by atoms with van der Waals surface area (Å²) in [5.74, 6) is -0.155. The molecule has 5 heteroatoms. The van der Waals surface area contributed by atoms with Gasteiger partial charge in [0.2, 0.25) is 5.91 Å². The monoisotopic (exact) mass is 720 g/mol. The van der Waals surface area contributed by atoms with Crippen molar-refractivity contribution in [2.45, 2.75) is 257 Å². The summed E-state index contributed by atoms with van der Waals surface area (Å²) in [5.41, 5.74) is 0. The van der Waals surface area contributed by atoms with Crippen molar-refractivity contribution in [2.24, 2.45) is 0 Å². The van der Waals surface area contributed by atoms with Crippen LogP contribution in [0.3, 0.4) is 0 Å². The molecule has 302 valence electrons. The summed E-state index contributed by atoms with van der Waals surface area (Å²) >= 11 is 0. The van der Waals surface area contributed by atoms with E-state index in [0.717, 1.165) is 44.9 Å². The first-order chi connectivity index (χ1) is 25.1. The third kappa shape index (κ3) is 37.0. The van der Waals surface area contributed by atoms with Gasteiger partial charge in [-0.15, -0.1) is 0 Å². The Morgan fingerprint density at radius 3 is 1.20 bits per heavy atom. The largest absolute Gasteiger partial charge is 0.394 e. The number of allylic oxidation sites excluding steroid dienone is 4. The predicted octanol–water partition coefficient (Wildman–Crippen LogP) is 13.0. The first-order valence-corrected chi connectivity index (χ1v) is 22.6. The van der Waals surface area contributed by atoms with Crippen molar-refractivity contribution in [3.8, 4) is 0 Å². The summed E-state index contributed by atoms with van der Waals surface area (Å²) in [6.07, 6.45) is 50.0. The zero-order valence-corrected chi connectivity index (χ0v) is 34.2. The first kappa shape index (κ1) is 49.8. The topological polar surface area (TPSA) is 89.8 Å². The molecule has 0 rings (SSSR count). The Bertz CT molecular complexity index is 754. The lowest BCUT2D eigenvalue weighted by atomic mass is 10.0. The van der Waals surface area contributed by atoms with Gasteiger partial charge in [-0.1, -0.05) is 205 Å². The Morgan fingerprint density at radius 1 is 0.471 bits per heavy atom. The molecular formula is C46H89NO4. The second kappa shape index (κ2) is 41.6. The van der Waals surface area contributed by atoms with Crippen LogP contribution in [0, 0.1) is 0 Å². The molecule has 5 nitrogen and oxygen atoms in total. The number of nitrogens with one attached hydrogen (secondary N) is 1. The van der Waals surface area contributed by atoms with E-state index in [1.54, 1.807) is 0 Å². The maximum atomic E-state index is 12.4. The van der Waals surface area contributed by atoms with Crippen LogP contribution in [0.25, 0.3) is 0 Å². The van der Waals surface area contributed by atoms with E-state index < -0.39 is 18.2 Å². The fraction of sp³-hybridized carbons (Fsp3) is 0.891. The lowest BCUT2D eigenvalue weighted by Crippen LogP contribution is -2.50. The lowest BCUT2D eigenvalue weighted by molar-refractivity contribution is -0.124. The number of aliphatic hydroxyl groups is 3. The highest BCUT2D eigenvalue weighted by Gasteiger charge is 2.26. The number of amides is 1. The molecule has 0 bridgehead atoms. The summed E-state index contributed by atoms with van der Waals surface area (Å²) in [7, 11) is 0. The summed E-state index contributed by atoms with van der Waals surface area (Å²) in [6, 6.07) is -0.828. The minimum absolute atomic E-state index is 0.155. The van der Waals surface area contributed by atoms with Crippen LogP contribution in [0.5, 0.6) is 0 Å². The van der Waals surface area contributed by atoms with Gasteiger partial charge in [-0.25, -0.2) is 0 Å². The van der Waals surface area contributed by atoms with Crippen molar-refractivity contribution < 1.29 is 20.1 Å². The minimum atomic E-state index is -1.16. The highest BCUT2D eigenvalue weighted by Crippen LogP contribution is 2.16. The molecule has 0 aliphatic heterocycles. The summed E-state index contributed by atoms with van der Waals surface area (Å²) in [4.78, 5) is 12.4. The second-order valence-corrected chi connectivity index (χ2v) is 15.6. The zero-order chi connectivity index (χ0) is 37.3. The molecule has 0 aromatic carbocycles. The lowest BCUT2D eigenvalue weighted by Gasteiger charge is -2.26. The number of carbonyl (C=O) groups excluding carboxylic acids is 1. The van der Waals surface area contributed by atoms with E-state index in [1.165, 1.54) is 167 Å². The molecule has 0 aliphatic rings. The average molecular weight is 720 g/mol. The Morgan fingerprint density at radius 2 is 0.804 bits per heavy atom. The van der Waals surface area contributed by atoms with Gasteiger partial charge in [-0.05, 0) is 51.4 Å². The molecule has 3 unspecified atom stereocenters. The van der Waals surface area contributed by atoms with Gasteiger partial charge in [0.1, 0.15) is 6.10 Å². The van der Waals surface area contributed by atoms with Crippen molar-refractivity contribution >= 4 is 5.91 Å². The van der Waals surface area contributed by atoms with Gasteiger partial charge in [0.25, 0.3) is 0 Å². The fourth-order valence-corrected chi connectivity index (χ4v) is 7.00. The van der Waals surface area contributed by atoms with E-state index in [1.807, 2.05) is 0 Å². The van der Waals surface area contributed by atoms with Crippen molar-refractivity contribution in [1.82, 2.24) is 5.32 Å². The third-order valence-electron chi connectivity index (χ3n) is 10.5. The predicted molar refractivity (Wildman–Crippen MR) is 222 cm³/mol. The van der Waals surface area contributed by atoms with Gasteiger partial charge in [0.05, 0.1) is 18.8 Å². The molecule has 1 amide bonds. The summed E-state index contributed by atoms with van der Waals surface area (Å²) in [6.45, 7) is 4.17. The maximum absolute atomic E-state index is 12.4. The molecular weight excluding hydrogens is 631 g/mol. The van der Waals surface area contributed by atoms with Gasteiger partial charge >= 0.3 is 0 Å². The van der Waals surface area contributed by atoms with Gasteiger partial charge in [0.15, 0.2) is 0 Å². The van der Waals surface area contributed by atoms with Crippen LogP contribution in [0.4, 0.5) is 0 Å². The Kier molecular flexibility index (Phi) is 40.6. The third-order valence-corrected chi connectivity index (χ3v) is 10.5. The number of rotatable bonds is 41. The highest BCUT2D eigenvalue weighted by molar-refractivity contribution is 5.76. The molecule has 0 saturated heterocycles. The van der Waals surface area contributed by atoms with Crippen LogP contribution in [0.2, 0.25) is 0 Å². The molecule has 0 aromatic rings. The van der Waals surface area contributed by atoms with E-state index in [2.05, 4.69) is 43.5 Å². The highest BCUT2D eigenvalue weighted by atomic mass is 16.3. The Labute approximate surface area is 318 Å². The molecule has 0 aliphatic carbocycles. The van der Waals surface area contributed by atoms with E-state index in [4.69, 9.17) is 0 Å². The molecule has 0 spiro atoms. The molecule has 4 N–H and O–H groups in total. The molecule has 0 radical (unpaired) electrons. The van der Waals surface area contributed by atoms with Gasteiger partial charge in [-0.3, -0.25) is 4.79 Å². The first-order valence-electron chi connectivity index (χ1n) is 22.6. The van der Waals surface area contributed by atoms with Crippen LogP contribution in [0.15, 0.2) is 24.3 Å². The van der Waals surface area contributed by atoms with Crippen molar-refractivity contribution in [2.75, 3.05) is 6.61 Å². The van der Waals surface area contributed by atoms with Gasteiger partial charge in [0, 0.05) is 6.42 Å². The number of carbonyl (C=O) groups is 1. The standard InChI is InChI=1S/C46H89NO4/c1-3-5-7-9-11-13-15-17-19-21-22-23-25-27-29-31-33-35-37-39-41-45(50)47-43(42-48)46(51)44(49)40-38-36-34-32-30-28-26-24-20-18-16-14-12-10-8-6-4-2/h24,26,32,34,43-44,46,48-49,51H,3-23,25,27-31,33,35-42H2,1-2H3,(H,47,50)/b26-24+,34-32+. The fourth-order valence-electron chi connectivity index (χ4n) is 7.00. The SMILES string of the molecule is CCCCCCCCCC/C=C/CC/C=C/CCCC(O)C(O)C(CO)NC(=O)CCCCCCCCCCCCCCCCCCCCCC. The van der Waals surface area contributed by atoms with E-state index >= 15 is 0 Å². The van der Waals surface area contributed by atoms with Crippen LogP contribution < -0.4 is 5.32 Å². The second-order valence-electron chi connectivity index (χ2n) is 15.6. The average Bonchev–Trinajstić information content (AvgIpc) is 3.13. The Balaban J connectivity index is 3.65. The van der Waals surface area contributed by atoms with E-state index in [9.17, 15) is 20.1 Å². The molecule has 0 heterocycles. The number of hydrogen-bond donors (Lipinski definition) is 4. The van der Waals surface area contributed by atoms with Crippen LogP contribution >= 0.6 is 0 Å². The zero-order valence-electron chi connectivity index (χ0n) is 34.2. The quantitative estimate of drug-likeness (QED) is 0.0374. The number of unbranched alkanes of at least 4 members (excludes halogenated alkanes) is 29. The van der Waals surface area contributed by atoms with Crippen molar-refractivity contribution in [3.63, 3.8) is 0 Å². The summed E-state index contributed by atoms with van der Waals surface area (Å²) in [5, 5.41) is 33.5. The molecule has 51 heavy (non-hydrogen) atoms. The Hall–Kier alpha value is -1.17. The molecule has 0 saturated carbocycles. The van der Waals surface area contributed by atoms with E-state index in [0.29, 0.717) is 12.8 Å². The van der Waals surface area contributed by atoms with Crippen LogP contribution in [-0.4, -0.2) is 46.1 Å². The van der Waals surface area contributed by atoms with Crippen LogP contribution in [0.1, 0.15) is 239 Å². The smallest absolute Gasteiger partial charge is 0.220 e. The van der Waals surface area contributed by atoms with Crippen molar-refractivity contribution in [1.29, 1.82) is 0 Å². The van der Waals surface area contributed by atoms with Gasteiger partial charge < -0.3 is 20.6 Å².